The summed E-state index contributed by atoms with van der Waals surface area (Å²) < 4.78 is 17.9. The molecule has 0 aliphatic carbocycles. The lowest BCUT2D eigenvalue weighted by molar-refractivity contribution is -0.153. The Morgan fingerprint density at radius 2 is 1.68 bits per heavy atom. The Hall–Kier alpha value is -3.35. The largest absolute Gasteiger partial charge is 0.453 e. The van der Waals surface area contributed by atoms with Crippen LogP contribution in [-0.4, -0.2) is 29.5 Å². The topological polar surface area (TPSA) is 89.5 Å². The molecule has 1 N–H and O–H groups in total. The Labute approximate surface area is 161 Å². The number of carbonyl (C=O) groups excluding carboxylic acids is 4. The third-order valence-corrected chi connectivity index (χ3v) is 3.94. The summed E-state index contributed by atoms with van der Waals surface area (Å²) in [5, 5.41) is 2.57. The van der Waals surface area contributed by atoms with E-state index in [-0.39, 0.29) is 24.4 Å². The van der Waals surface area contributed by atoms with Crippen molar-refractivity contribution in [3.05, 3.63) is 65.5 Å². The SMILES string of the molecule is CC(=O)c1cccc(NC(=O)[C@H](C)OC(=O)CCC(=O)c2ccc(F)cc2)c1. The molecule has 0 aromatic heterocycles. The van der Waals surface area contributed by atoms with E-state index in [1.165, 1.54) is 44.2 Å². The van der Waals surface area contributed by atoms with Crippen LogP contribution in [0.15, 0.2) is 48.5 Å². The molecule has 2 aromatic rings. The third-order valence-electron chi connectivity index (χ3n) is 3.94. The molecule has 0 saturated heterocycles. The summed E-state index contributed by atoms with van der Waals surface area (Å²) in [5.41, 5.74) is 1.15. The summed E-state index contributed by atoms with van der Waals surface area (Å²) in [4.78, 5) is 47.4. The lowest BCUT2D eigenvalue weighted by Crippen LogP contribution is -2.30. The monoisotopic (exact) mass is 385 g/mol. The highest BCUT2D eigenvalue weighted by Gasteiger charge is 2.19. The van der Waals surface area contributed by atoms with E-state index in [4.69, 9.17) is 4.74 Å². The van der Waals surface area contributed by atoms with Crippen molar-refractivity contribution in [3.8, 4) is 0 Å². The molecule has 0 fully saturated rings. The summed E-state index contributed by atoms with van der Waals surface area (Å²) in [6.45, 7) is 2.82. The van der Waals surface area contributed by atoms with Crippen LogP contribution in [0.1, 0.15) is 47.4 Å². The molecule has 1 amide bonds. The fraction of sp³-hybridized carbons (Fsp3) is 0.238. The quantitative estimate of drug-likeness (QED) is 0.554. The Morgan fingerprint density at radius 1 is 1.00 bits per heavy atom. The average Bonchev–Trinajstić information content (AvgIpc) is 2.66. The molecule has 6 nitrogen and oxygen atoms in total. The molecule has 0 spiro atoms. The van der Waals surface area contributed by atoms with Gasteiger partial charge in [-0.05, 0) is 50.2 Å². The fourth-order valence-electron chi connectivity index (χ4n) is 2.37. The van der Waals surface area contributed by atoms with Crippen molar-refractivity contribution in [2.24, 2.45) is 0 Å². The first-order valence-electron chi connectivity index (χ1n) is 8.66. The molecule has 1 atom stereocenters. The van der Waals surface area contributed by atoms with Gasteiger partial charge in [0.05, 0.1) is 6.42 Å². The molecule has 146 valence electrons. The van der Waals surface area contributed by atoms with Crippen molar-refractivity contribution >= 4 is 29.1 Å². The van der Waals surface area contributed by atoms with Gasteiger partial charge in [-0.25, -0.2) is 4.39 Å². The van der Waals surface area contributed by atoms with Crippen LogP contribution < -0.4 is 5.32 Å². The molecule has 28 heavy (non-hydrogen) atoms. The van der Waals surface area contributed by atoms with Gasteiger partial charge >= 0.3 is 5.97 Å². The van der Waals surface area contributed by atoms with Gasteiger partial charge in [-0.15, -0.1) is 0 Å². The normalized spacial score (nSPS) is 11.4. The van der Waals surface area contributed by atoms with Gasteiger partial charge in [0.2, 0.25) is 0 Å². The predicted octanol–water partition coefficient (Wildman–Crippen LogP) is 3.56. The van der Waals surface area contributed by atoms with E-state index >= 15 is 0 Å². The molecular formula is C21H20FNO5. The van der Waals surface area contributed by atoms with Gasteiger partial charge in [0.1, 0.15) is 5.82 Å². The fourth-order valence-corrected chi connectivity index (χ4v) is 2.37. The standard InChI is InChI=1S/C21H20FNO5/c1-13(24)16-4-3-5-18(12-16)23-21(27)14(2)28-20(26)11-10-19(25)15-6-8-17(22)9-7-15/h3-9,12,14H,10-11H2,1-2H3,(H,23,27)/t14-/m0/s1. The molecule has 2 aromatic carbocycles. The molecule has 7 heteroatoms. The van der Waals surface area contributed by atoms with Crippen LogP contribution in [0.25, 0.3) is 0 Å². The minimum absolute atomic E-state index is 0.112. The third kappa shape index (κ3) is 6.12. The highest BCUT2D eigenvalue weighted by Crippen LogP contribution is 2.13. The molecular weight excluding hydrogens is 365 g/mol. The second-order valence-electron chi connectivity index (χ2n) is 6.19. The van der Waals surface area contributed by atoms with Crippen molar-refractivity contribution in [1.29, 1.82) is 0 Å². The van der Waals surface area contributed by atoms with Gasteiger partial charge in [-0.3, -0.25) is 19.2 Å². The van der Waals surface area contributed by atoms with Crippen LogP contribution in [0.5, 0.6) is 0 Å². The summed E-state index contributed by atoms with van der Waals surface area (Å²) in [6.07, 6.45) is -1.39. The average molecular weight is 385 g/mol. The number of rotatable bonds is 8. The Bertz CT molecular complexity index is 892. The van der Waals surface area contributed by atoms with Gasteiger partial charge in [0.15, 0.2) is 17.7 Å². The van der Waals surface area contributed by atoms with Gasteiger partial charge < -0.3 is 10.1 Å². The zero-order valence-electron chi connectivity index (χ0n) is 15.5. The maximum atomic E-state index is 12.9. The number of hydrogen-bond acceptors (Lipinski definition) is 5. The van der Waals surface area contributed by atoms with E-state index in [1.807, 2.05) is 0 Å². The van der Waals surface area contributed by atoms with E-state index in [0.717, 1.165) is 0 Å². The summed E-state index contributed by atoms with van der Waals surface area (Å²) in [6, 6.07) is 11.4. The number of anilines is 1. The van der Waals surface area contributed by atoms with Crippen molar-refractivity contribution in [1.82, 2.24) is 0 Å². The summed E-state index contributed by atoms with van der Waals surface area (Å²) in [5.74, 6) is -2.17. The predicted molar refractivity (Wildman–Crippen MR) is 101 cm³/mol. The zero-order valence-corrected chi connectivity index (χ0v) is 15.5. The number of hydrogen-bond donors (Lipinski definition) is 1. The minimum atomic E-state index is -1.07. The molecule has 0 radical (unpaired) electrons. The van der Waals surface area contributed by atoms with Crippen LogP contribution in [0.3, 0.4) is 0 Å². The van der Waals surface area contributed by atoms with Crippen molar-refractivity contribution in [2.45, 2.75) is 32.8 Å². The van der Waals surface area contributed by atoms with E-state index in [9.17, 15) is 23.6 Å². The lowest BCUT2D eigenvalue weighted by atomic mass is 10.1. The molecule has 2 rings (SSSR count). The van der Waals surface area contributed by atoms with Crippen molar-refractivity contribution < 1.29 is 28.3 Å². The first-order chi connectivity index (χ1) is 13.3. The molecule has 0 aliphatic rings. The lowest BCUT2D eigenvalue weighted by Gasteiger charge is -2.14. The van der Waals surface area contributed by atoms with E-state index in [1.54, 1.807) is 18.2 Å². The molecule has 0 heterocycles. The van der Waals surface area contributed by atoms with E-state index in [2.05, 4.69) is 5.32 Å². The van der Waals surface area contributed by atoms with Crippen molar-refractivity contribution in [2.75, 3.05) is 5.32 Å². The number of amides is 1. The molecule has 0 bridgehead atoms. The number of esters is 1. The van der Waals surface area contributed by atoms with Crippen LogP contribution in [0.4, 0.5) is 10.1 Å². The number of Topliss-reactive ketones (excluding diaryl/α,β-unsaturated/α-hetero) is 2. The molecule has 0 aliphatic heterocycles. The number of nitrogens with one attached hydrogen (secondary N) is 1. The minimum Gasteiger partial charge on any atom is -0.453 e. The Balaban J connectivity index is 1.83. The molecule has 0 unspecified atom stereocenters. The van der Waals surface area contributed by atoms with Crippen LogP contribution in [-0.2, 0) is 14.3 Å². The smallest absolute Gasteiger partial charge is 0.307 e. The van der Waals surface area contributed by atoms with E-state index < -0.39 is 23.8 Å². The van der Waals surface area contributed by atoms with Crippen LogP contribution in [0, 0.1) is 5.82 Å². The first-order valence-corrected chi connectivity index (χ1v) is 8.66. The number of carbonyl (C=O) groups is 4. The molecule has 0 saturated carbocycles. The number of ketones is 2. The van der Waals surface area contributed by atoms with Gasteiger partial charge in [0, 0.05) is 23.2 Å². The van der Waals surface area contributed by atoms with E-state index in [0.29, 0.717) is 16.8 Å². The second-order valence-corrected chi connectivity index (χ2v) is 6.19. The van der Waals surface area contributed by atoms with Gasteiger partial charge in [-0.1, -0.05) is 12.1 Å². The Morgan fingerprint density at radius 3 is 2.32 bits per heavy atom. The van der Waals surface area contributed by atoms with Gasteiger partial charge in [0.25, 0.3) is 5.91 Å². The highest BCUT2D eigenvalue weighted by molar-refractivity contribution is 5.99. The number of benzene rings is 2. The highest BCUT2D eigenvalue weighted by atomic mass is 19.1. The Kier molecular flexibility index (Phi) is 7.14. The summed E-state index contributed by atoms with van der Waals surface area (Å²) in [7, 11) is 0. The first kappa shape index (κ1) is 21.0. The summed E-state index contributed by atoms with van der Waals surface area (Å²) >= 11 is 0. The zero-order chi connectivity index (χ0) is 20.7. The van der Waals surface area contributed by atoms with Gasteiger partial charge in [-0.2, -0.15) is 0 Å². The number of halogens is 1. The number of ether oxygens (including phenoxy) is 1. The van der Waals surface area contributed by atoms with Crippen LogP contribution >= 0.6 is 0 Å². The van der Waals surface area contributed by atoms with Crippen molar-refractivity contribution in [3.63, 3.8) is 0 Å². The second kappa shape index (κ2) is 9.55. The maximum Gasteiger partial charge on any atom is 0.307 e. The van der Waals surface area contributed by atoms with Crippen LogP contribution in [0.2, 0.25) is 0 Å². The maximum absolute atomic E-state index is 12.9.